The fourth-order valence-corrected chi connectivity index (χ4v) is 3.99. The van der Waals surface area contributed by atoms with Gasteiger partial charge < -0.3 is 19.9 Å². The van der Waals surface area contributed by atoms with E-state index in [1.165, 1.54) is 11.1 Å². The van der Waals surface area contributed by atoms with Gasteiger partial charge in [0, 0.05) is 38.9 Å². The maximum atomic E-state index is 5.62. The molecule has 2 aliphatic rings. The average molecular weight is 394 g/mol. The van der Waals surface area contributed by atoms with Crippen molar-refractivity contribution in [1.29, 1.82) is 0 Å². The number of benzene rings is 1. The van der Waals surface area contributed by atoms with Crippen LogP contribution in [0.1, 0.15) is 30.5 Å². The molecule has 0 spiro atoms. The van der Waals surface area contributed by atoms with Gasteiger partial charge in [-0.25, -0.2) is 9.98 Å². The molecule has 6 heteroatoms. The predicted octanol–water partition coefficient (Wildman–Crippen LogP) is 2.83. The lowest BCUT2D eigenvalue weighted by atomic mass is 10.0. The summed E-state index contributed by atoms with van der Waals surface area (Å²) in [6, 6.07) is 12.9. The van der Waals surface area contributed by atoms with E-state index in [9.17, 15) is 0 Å². The zero-order chi connectivity index (χ0) is 20.1. The number of aliphatic imine (C=N–C) groups is 1. The van der Waals surface area contributed by atoms with E-state index in [1.807, 2.05) is 6.20 Å². The van der Waals surface area contributed by atoms with E-state index in [1.54, 1.807) is 0 Å². The Hall–Kier alpha value is -2.60. The monoisotopic (exact) mass is 393 g/mol. The quantitative estimate of drug-likeness (QED) is 0.639. The van der Waals surface area contributed by atoms with Crippen molar-refractivity contribution in [3.63, 3.8) is 0 Å². The Balaban J connectivity index is 1.42. The predicted molar refractivity (Wildman–Crippen MR) is 117 cm³/mol. The lowest BCUT2D eigenvalue weighted by Gasteiger charge is -2.32. The van der Waals surface area contributed by atoms with Gasteiger partial charge in [0.1, 0.15) is 5.82 Å². The van der Waals surface area contributed by atoms with E-state index in [2.05, 4.69) is 70.3 Å². The van der Waals surface area contributed by atoms with Gasteiger partial charge in [-0.3, -0.25) is 0 Å². The van der Waals surface area contributed by atoms with E-state index >= 15 is 0 Å². The lowest BCUT2D eigenvalue weighted by molar-refractivity contribution is 0.0529. The number of hydrogen-bond donors (Lipinski definition) is 1. The van der Waals surface area contributed by atoms with E-state index in [-0.39, 0.29) is 6.10 Å². The van der Waals surface area contributed by atoms with Crippen molar-refractivity contribution in [2.24, 2.45) is 4.99 Å². The highest BCUT2D eigenvalue weighted by atomic mass is 16.5. The van der Waals surface area contributed by atoms with Gasteiger partial charge in [0.05, 0.1) is 19.3 Å². The van der Waals surface area contributed by atoms with E-state index in [4.69, 9.17) is 9.73 Å². The van der Waals surface area contributed by atoms with Crippen molar-refractivity contribution in [2.45, 2.75) is 39.5 Å². The van der Waals surface area contributed by atoms with Crippen LogP contribution in [0.15, 0.2) is 47.6 Å². The van der Waals surface area contributed by atoms with Gasteiger partial charge >= 0.3 is 0 Å². The number of hydrogen-bond acceptors (Lipinski definition) is 4. The third kappa shape index (κ3) is 4.88. The van der Waals surface area contributed by atoms with Crippen LogP contribution in [0.5, 0.6) is 0 Å². The van der Waals surface area contributed by atoms with E-state index in [0.29, 0.717) is 6.54 Å². The Morgan fingerprint density at radius 2 is 2.07 bits per heavy atom. The number of guanidine groups is 1. The van der Waals surface area contributed by atoms with Crippen molar-refractivity contribution in [2.75, 3.05) is 37.7 Å². The number of ether oxygens (including phenoxy) is 1. The highest BCUT2D eigenvalue weighted by Gasteiger charge is 2.19. The van der Waals surface area contributed by atoms with Crippen LogP contribution in [0, 0.1) is 0 Å². The van der Waals surface area contributed by atoms with Gasteiger partial charge in [-0.15, -0.1) is 0 Å². The summed E-state index contributed by atoms with van der Waals surface area (Å²) < 4.78 is 5.62. The van der Waals surface area contributed by atoms with Crippen molar-refractivity contribution in [3.05, 3.63) is 59.3 Å². The summed E-state index contributed by atoms with van der Waals surface area (Å²) in [6.45, 7) is 10.2. The Labute approximate surface area is 173 Å². The first-order valence-electron chi connectivity index (χ1n) is 10.6. The minimum absolute atomic E-state index is 0.257. The molecule has 0 bridgehead atoms. The van der Waals surface area contributed by atoms with Gasteiger partial charge in [-0.05, 0) is 43.0 Å². The van der Waals surface area contributed by atoms with Gasteiger partial charge in [0.25, 0.3) is 0 Å². The molecule has 4 rings (SSSR count). The van der Waals surface area contributed by atoms with Crippen molar-refractivity contribution in [1.82, 2.24) is 15.2 Å². The number of anilines is 1. The van der Waals surface area contributed by atoms with E-state index < -0.39 is 0 Å². The highest BCUT2D eigenvalue weighted by molar-refractivity contribution is 5.80. The molecule has 1 aromatic carbocycles. The standard InChI is InChI=1S/C23H31N5O/c1-3-24-23(28-11-10-20-6-4-5-7-21(20)17-28)26-15-19-8-9-22(25-14-19)27-12-13-29-18(2)16-27/h4-9,14,18H,3,10-13,15-17H2,1-2H3,(H,24,26). The first kappa shape index (κ1) is 19.7. The Morgan fingerprint density at radius 3 is 2.83 bits per heavy atom. The van der Waals surface area contributed by atoms with Crippen LogP contribution in [0.2, 0.25) is 0 Å². The summed E-state index contributed by atoms with van der Waals surface area (Å²) in [5, 5.41) is 3.45. The molecule has 29 heavy (non-hydrogen) atoms. The second kappa shape index (κ2) is 9.27. The van der Waals surface area contributed by atoms with Crippen molar-refractivity contribution in [3.8, 4) is 0 Å². The largest absolute Gasteiger partial charge is 0.375 e. The number of pyridine rings is 1. The Morgan fingerprint density at radius 1 is 1.21 bits per heavy atom. The smallest absolute Gasteiger partial charge is 0.194 e. The zero-order valence-corrected chi connectivity index (χ0v) is 17.5. The van der Waals surface area contributed by atoms with Crippen LogP contribution in [0.4, 0.5) is 5.82 Å². The molecule has 1 fully saturated rings. The average Bonchev–Trinajstić information content (AvgIpc) is 2.77. The maximum Gasteiger partial charge on any atom is 0.194 e. The Kier molecular flexibility index (Phi) is 6.30. The highest BCUT2D eigenvalue weighted by Crippen LogP contribution is 2.19. The van der Waals surface area contributed by atoms with Crippen molar-refractivity contribution < 1.29 is 4.74 Å². The maximum absolute atomic E-state index is 5.62. The molecule has 1 unspecified atom stereocenters. The fraction of sp³-hybridized carbons (Fsp3) is 0.478. The number of nitrogens with zero attached hydrogens (tertiary/aromatic N) is 4. The molecule has 2 aromatic rings. The van der Waals surface area contributed by atoms with Crippen LogP contribution in [-0.4, -0.2) is 54.7 Å². The number of rotatable bonds is 4. The molecule has 1 N–H and O–H groups in total. The van der Waals surface area contributed by atoms with Gasteiger partial charge in [-0.1, -0.05) is 30.3 Å². The molecule has 0 amide bonds. The first-order valence-corrected chi connectivity index (χ1v) is 10.6. The van der Waals surface area contributed by atoms with Gasteiger partial charge in [-0.2, -0.15) is 0 Å². The Bertz CT molecular complexity index is 835. The molecular weight excluding hydrogens is 362 g/mol. The van der Waals surface area contributed by atoms with Crippen LogP contribution >= 0.6 is 0 Å². The summed E-state index contributed by atoms with van der Waals surface area (Å²) >= 11 is 0. The molecule has 1 atom stereocenters. The van der Waals surface area contributed by atoms with Gasteiger partial charge in [0.2, 0.25) is 0 Å². The third-order valence-electron chi connectivity index (χ3n) is 5.55. The number of nitrogens with one attached hydrogen (secondary N) is 1. The fourth-order valence-electron chi connectivity index (χ4n) is 3.99. The number of aromatic nitrogens is 1. The molecule has 1 saturated heterocycles. The second-order valence-corrected chi connectivity index (χ2v) is 7.76. The van der Waals surface area contributed by atoms with Gasteiger partial charge in [0.15, 0.2) is 5.96 Å². The molecule has 2 aliphatic heterocycles. The molecule has 6 nitrogen and oxygen atoms in total. The zero-order valence-electron chi connectivity index (χ0n) is 17.5. The molecule has 0 radical (unpaired) electrons. The van der Waals surface area contributed by atoms with Crippen LogP contribution in [0.3, 0.4) is 0 Å². The molecule has 0 saturated carbocycles. The summed E-state index contributed by atoms with van der Waals surface area (Å²) in [5.74, 6) is 2.00. The minimum Gasteiger partial charge on any atom is -0.375 e. The van der Waals surface area contributed by atoms with Crippen LogP contribution in [0.25, 0.3) is 0 Å². The van der Waals surface area contributed by atoms with Crippen molar-refractivity contribution >= 4 is 11.8 Å². The normalized spacial score (nSPS) is 19.8. The minimum atomic E-state index is 0.257. The molecule has 1 aromatic heterocycles. The summed E-state index contributed by atoms with van der Waals surface area (Å²) in [4.78, 5) is 14.2. The van der Waals surface area contributed by atoms with E-state index in [0.717, 1.165) is 63.1 Å². The topological polar surface area (TPSA) is 53.0 Å². The summed E-state index contributed by atoms with van der Waals surface area (Å²) in [5.41, 5.74) is 3.98. The summed E-state index contributed by atoms with van der Waals surface area (Å²) in [6.07, 6.45) is 3.27. The molecule has 154 valence electrons. The first-order chi connectivity index (χ1) is 14.2. The molecular formula is C23H31N5O. The SMILES string of the molecule is CCNC(=NCc1ccc(N2CCOC(C)C2)nc1)N1CCc2ccccc2C1. The second-order valence-electron chi connectivity index (χ2n) is 7.76. The number of morpholine rings is 1. The molecule has 0 aliphatic carbocycles. The van der Waals surface area contributed by atoms with Crippen LogP contribution in [-0.2, 0) is 24.2 Å². The molecule has 3 heterocycles. The third-order valence-corrected chi connectivity index (χ3v) is 5.55. The summed E-state index contributed by atoms with van der Waals surface area (Å²) in [7, 11) is 0. The lowest BCUT2D eigenvalue weighted by Crippen LogP contribution is -2.44. The number of fused-ring (bicyclic) bond motifs is 1. The van der Waals surface area contributed by atoms with Crippen LogP contribution < -0.4 is 10.2 Å².